The average Bonchev–Trinajstić information content (AvgIpc) is 2.65. The molecule has 2 bridgehead atoms. The van der Waals surface area contributed by atoms with E-state index in [-0.39, 0.29) is 0 Å². The van der Waals surface area contributed by atoms with Crippen molar-refractivity contribution in [2.45, 2.75) is 18.3 Å². The first-order valence-corrected chi connectivity index (χ1v) is 7.57. The van der Waals surface area contributed by atoms with Crippen LogP contribution in [0.1, 0.15) is 34.1 Å². The zero-order chi connectivity index (χ0) is 13.7. The molecule has 20 heavy (non-hydrogen) atoms. The number of rotatable bonds is 2. The monoisotopic (exact) mass is 263 g/mol. The molecule has 102 valence electrons. The smallest absolute Gasteiger partial charge is 0.0141 e. The van der Waals surface area contributed by atoms with Crippen molar-refractivity contribution in [3.8, 4) is 0 Å². The molecule has 0 spiro atoms. The maximum atomic E-state index is 2.36. The van der Waals surface area contributed by atoms with Crippen LogP contribution in [0.15, 0.2) is 48.5 Å². The van der Waals surface area contributed by atoms with Crippen molar-refractivity contribution in [3.05, 3.63) is 70.8 Å². The van der Waals surface area contributed by atoms with Crippen molar-refractivity contribution in [2.75, 3.05) is 20.6 Å². The summed E-state index contributed by atoms with van der Waals surface area (Å²) in [6, 6.07) is 18.2. The van der Waals surface area contributed by atoms with E-state index in [1.54, 1.807) is 22.3 Å². The normalized spacial score (nSPS) is 26.4. The first-order chi connectivity index (χ1) is 9.75. The van der Waals surface area contributed by atoms with E-state index in [9.17, 15) is 0 Å². The van der Waals surface area contributed by atoms with Crippen LogP contribution in [0.4, 0.5) is 0 Å². The summed E-state index contributed by atoms with van der Waals surface area (Å²) < 4.78 is 0. The first-order valence-electron chi connectivity index (χ1n) is 7.57. The van der Waals surface area contributed by atoms with Crippen LogP contribution in [-0.4, -0.2) is 25.5 Å². The summed E-state index contributed by atoms with van der Waals surface area (Å²) in [5.41, 5.74) is 6.31. The Morgan fingerprint density at radius 1 is 0.900 bits per heavy atom. The third-order valence-corrected chi connectivity index (χ3v) is 5.08. The molecule has 0 saturated heterocycles. The Balaban J connectivity index is 1.89. The molecule has 3 atom stereocenters. The third-order valence-electron chi connectivity index (χ3n) is 5.08. The lowest BCUT2D eigenvalue weighted by Gasteiger charge is -2.34. The predicted octanol–water partition coefficient (Wildman–Crippen LogP) is 3.65. The molecule has 0 radical (unpaired) electrons. The van der Waals surface area contributed by atoms with Crippen molar-refractivity contribution < 1.29 is 0 Å². The lowest BCUT2D eigenvalue weighted by molar-refractivity contribution is 0.274. The van der Waals surface area contributed by atoms with Gasteiger partial charge in [-0.15, -0.1) is 0 Å². The van der Waals surface area contributed by atoms with Crippen LogP contribution >= 0.6 is 0 Å². The summed E-state index contributed by atoms with van der Waals surface area (Å²) in [6.07, 6.45) is 1.21. The highest BCUT2D eigenvalue weighted by atomic mass is 15.1. The van der Waals surface area contributed by atoms with Gasteiger partial charge >= 0.3 is 0 Å². The summed E-state index contributed by atoms with van der Waals surface area (Å²) in [6.45, 7) is 1.18. The second-order valence-corrected chi connectivity index (χ2v) is 6.54. The van der Waals surface area contributed by atoms with E-state index in [2.05, 4.69) is 67.5 Å². The summed E-state index contributed by atoms with van der Waals surface area (Å²) in [5, 5.41) is 0. The molecule has 2 aromatic rings. The molecule has 2 aromatic carbocycles. The van der Waals surface area contributed by atoms with E-state index in [0.717, 1.165) is 5.92 Å². The van der Waals surface area contributed by atoms with E-state index in [1.807, 2.05) is 0 Å². The highest BCUT2D eigenvalue weighted by molar-refractivity contribution is 5.52. The molecule has 1 nitrogen and oxygen atoms in total. The molecule has 0 unspecified atom stereocenters. The molecule has 2 aliphatic rings. The number of nitrogens with zero attached hydrogens (tertiary/aromatic N) is 1. The zero-order valence-electron chi connectivity index (χ0n) is 12.2. The summed E-state index contributed by atoms with van der Waals surface area (Å²) in [7, 11) is 4.40. The SMILES string of the molecule is CN(C)C[C@@H]1[C@@H]2c3ccccc3C[C@H]1c1ccccc12. The van der Waals surface area contributed by atoms with Gasteiger partial charge in [-0.3, -0.25) is 0 Å². The van der Waals surface area contributed by atoms with Gasteiger partial charge in [-0.2, -0.15) is 0 Å². The standard InChI is InChI=1S/C19H21N/c1-20(2)12-18-17-11-13-7-3-4-8-14(13)19(18)16-10-6-5-9-15(16)17/h3-10,17-19H,11-12H2,1-2H3/t17-,18-,19+/m0/s1. The molecule has 4 rings (SSSR count). The van der Waals surface area contributed by atoms with Crippen LogP contribution in [0.25, 0.3) is 0 Å². The van der Waals surface area contributed by atoms with Crippen LogP contribution < -0.4 is 0 Å². The Kier molecular flexibility index (Phi) is 2.71. The molecule has 0 saturated carbocycles. The topological polar surface area (TPSA) is 3.24 Å². The third kappa shape index (κ3) is 1.66. The molecular formula is C19H21N. The average molecular weight is 263 g/mol. The van der Waals surface area contributed by atoms with Gasteiger partial charge in [-0.05, 0) is 54.6 Å². The number of benzene rings is 2. The van der Waals surface area contributed by atoms with Crippen molar-refractivity contribution in [1.29, 1.82) is 0 Å². The number of hydrogen-bond acceptors (Lipinski definition) is 1. The van der Waals surface area contributed by atoms with Crippen molar-refractivity contribution in [2.24, 2.45) is 5.92 Å². The van der Waals surface area contributed by atoms with Crippen molar-refractivity contribution in [3.63, 3.8) is 0 Å². The van der Waals surface area contributed by atoms with E-state index < -0.39 is 0 Å². The molecule has 0 N–H and O–H groups in total. The fraction of sp³-hybridized carbons (Fsp3) is 0.368. The summed E-state index contributed by atoms with van der Waals surface area (Å²) in [4.78, 5) is 2.35. The van der Waals surface area contributed by atoms with E-state index in [4.69, 9.17) is 0 Å². The van der Waals surface area contributed by atoms with E-state index >= 15 is 0 Å². The number of hydrogen-bond donors (Lipinski definition) is 0. The fourth-order valence-electron chi connectivity index (χ4n) is 4.40. The second-order valence-electron chi connectivity index (χ2n) is 6.54. The minimum atomic E-state index is 0.601. The maximum absolute atomic E-state index is 2.36. The largest absolute Gasteiger partial charge is 0.309 e. The Hall–Kier alpha value is -1.60. The molecule has 0 fully saturated rings. The Bertz CT molecular complexity index is 633. The highest BCUT2D eigenvalue weighted by Crippen LogP contribution is 2.55. The Morgan fingerprint density at radius 3 is 2.30 bits per heavy atom. The van der Waals surface area contributed by atoms with Gasteiger partial charge in [0.05, 0.1) is 0 Å². The maximum Gasteiger partial charge on any atom is 0.0141 e. The summed E-state index contributed by atoms with van der Waals surface area (Å²) >= 11 is 0. The lowest BCUT2D eigenvalue weighted by atomic mass is 9.73. The molecular weight excluding hydrogens is 242 g/mol. The van der Waals surface area contributed by atoms with Gasteiger partial charge in [0.25, 0.3) is 0 Å². The predicted molar refractivity (Wildman–Crippen MR) is 83.2 cm³/mol. The van der Waals surface area contributed by atoms with Gasteiger partial charge in [0, 0.05) is 12.5 Å². The van der Waals surface area contributed by atoms with Gasteiger partial charge in [0.15, 0.2) is 0 Å². The van der Waals surface area contributed by atoms with Gasteiger partial charge in [0.2, 0.25) is 0 Å². The van der Waals surface area contributed by atoms with Gasteiger partial charge < -0.3 is 4.90 Å². The Labute approximate surface area is 121 Å². The fourth-order valence-corrected chi connectivity index (χ4v) is 4.40. The van der Waals surface area contributed by atoms with Gasteiger partial charge in [-0.1, -0.05) is 48.5 Å². The Morgan fingerprint density at radius 2 is 1.55 bits per heavy atom. The molecule has 0 heterocycles. The van der Waals surface area contributed by atoms with E-state index in [0.29, 0.717) is 11.8 Å². The van der Waals surface area contributed by atoms with Crippen LogP contribution in [0.2, 0.25) is 0 Å². The van der Waals surface area contributed by atoms with Gasteiger partial charge in [-0.25, -0.2) is 0 Å². The molecule has 0 aromatic heterocycles. The van der Waals surface area contributed by atoms with Crippen LogP contribution in [0.5, 0.6) is 0 Å². The molecule has 1 heteroatoms. The van der Waals surface area contributed by atoms with Crippen molar-refractivity contribution >= 4 is 0 Å². The van der Waals surface area contributed by atoms with Crippen LogP contribution in [-0.2, 0) is 6.42 Å². The van der Waals surface area contributed by atoms with Crippen LogP contribution in [0.3, 0.4) is 0 Å². The van der Waals surface area contributed by atoms with E-state index in [1.165, 1.54) is 13.0 Å². The molecule has 0 amide bonds. The summed E-state index contributed by atoms with van der Waals surface area (Å²) in [5.74, 6) is 2.04. The molecule has 0 aliphatic heterocycles. The zero-order valence-corrected chi connectivity index (χ0v) is 12.2. The minimum Gasteiger partial charge on any atom is -0.309 e. The first kappa shape index (κ1) is 12.2. The molecule has 2 aliphatic carbocycles. The quantitative estimate of drug-likeness (QED) is 0.799. The van der Waals surface area contributed by atoms with Crippen molar-refractivity contribution in [1.82, 2.24) is 4.90 Å². The minimum absolute atomic E-state index is 0.601. The van der Waals surface area contributed by atoms with Crippen LogP contribution in [0, 0.1) is 5.92 Å². The number of fused-ring (bicyclic) bond motifs is 7. The second kappa shape index (κ2) is 4.46. The van der Waals surface area contributed by atoms with Gasteiger partial charge in [0.1, 0.15) is 0 Å². The lowest BCUT2D eigenvalue weighted by Crippen LogP contribution is -2.31. The highest BCUT2D eigenvalue weighted by Gasteiger charge is 2.45.